The van der Waals surface area contributed by atoms with E-state index in [0.29, 0.717) is 0 Å². The van der Waals surface area contributed by atoms with Crippen molar-refractivity contribution in [3.05, 3.63) is 24.0 Å². The number of carbonyl (C=O) groups excluding carboxylic acids is 1. The molecule has 2 N–H and O–H groups in total. The molecule has 0 saturated heterocycles. The zero-order valence-electron chi connectivity index (χ0n) is 12.3. The Morgan fingerprint density at radius 1 is 1.48 bits per heavy atom. The Morgan fingerprint density at radius 3 is 2.71 bits per heavy atom. The molecule has 0 aromatic carbocycles. The molecule has 0 spiro atoms. The highest BCUT2D eigenvalue weighted by Gasteiger charge is 2.22. The van der Waals surface area contributed by atoms with Crippen molar-refractivity contribution in [3.8, 4) is 5.75 Å². The molecule has 1 rings (SSSR count). The third kappa shape index (κ3) is 6.03. The number of nitrogens with one attached hydrogen (secondary N) is 1. The second-order valence-electron chi connectivity index (χ2n) is 5.67. The van der Waals surface area contributed by atoms with Gasteiger partial charge in [-0.1, -0.05) is 20.8 Å². The number of rotatable bonds is 6. The van der Waals surface area contributed by atoms with E-state index < -0.39 is 25.0 Å². The Morgan fingerprint density at radius 2 is 2.14 bits per heavy atom. The van der Waals surface area contributed by atoms with Crippen molar-refractivity contribution in [3.63, 3.8) is 0 Å². The molecule has 0 aliphatic carbocycles. The number of halogens is 2. The molecule has 1 aromatic heterocycles. The lowest BCUT2D eigenvalue weighted by Gasteiger charge is -2.25. The normalized spacial score (nSPS) is 13.1. The molecule has 1 unspecified atom stereocenters. The Bertz CT molecular complexity index is 476. The Balaban J connectivity index is 2.60. The molecular weight excluding hydrogens is 282 g/mol. The number of aliphatic hydroxyl groups is 1. The summed E-state index contributed by atoms with van der Waals surface area (Å²) >= 11 is 0. The van der Waals surface area contributed by atoms with Gasteiger partial charge in [0.2, 0.25) is 0 Å². The lowest BCUT2D eigenvalue weighted by atomic mass is 9.89. The predicted molar refractivity (Wildman–Crippen MR) is 73.5 cm³/mol. The van der Waals surface area contributed by atoms with Crippen molar-refractivity contribution >= 4 is 5.91 Å². The Hall–Kier alpha value is -1.76. The third-order valence-electron chi connectivity index (χ3n) is 2.80. The van der Waals surface area contributed by atoms with Crippen LogP contribution in [0.2, 0.25) is 0 Å². The van der Waals surface area contributed by atoms with Crippen LogP contribution in [0, 0.1) is 5.41 Å². The molecule has 1 amide bonds. The standard InChI is InChI=1S/C14H20F2N2O3/c1-14(2,3)11(19)7-18-13(20)10-6-9(4-5-17-10)21-8-12(15)16/h4-6,11-12,19H,7-8H2,1-3H3,(H,18,20). The van der Waals surface area contributed by atoms with Gasteiger partial charge in [0, 0.05) is 18.8 Å². The van der Waals surface area contributed by atoms with Gasteiger partial charge in [-0.25, -0.2) is 8.78 Å². The summed E-state index contributed by atoms with van der Waals surface area (Å²) in [6.45, 7) is 4.88. The van der Waals surface area contributed by atoms with Crippen LogP contribution in [0.25, 0.3) is 0 Å². The van der Waals surface area contributed by atoms with Crippen LogP contribution in [0.1, 0.15) is 31.3 Å². The van der Waals surface area contributed by atoms with Crippen LogP contribution >= 0.6 is 0 Å². The molecule has 1 aromatic rings. The molecule has 1 atom stereocenters. The van der Waals surface area contributed by atoms with Gasteiger partial charge in [0.25, 0.3) is 12.3 Å². The number of alkyl halides is 2. The number of amides is 1. The van der Waals surface area contributed by atoms with Crippen LogP contribution in [0.15, 0.2) is 18.3 Å². The van der Waals surface area contributed by atoms with Gasteiger partial charge in [-0.3, -0.25) is 9.78 Å². The van der Waals surface area contributed by atoms with Crippen molar-refractivity contribution in [2.24, 2.45) is 5.41 Å². The van der Waals surface area contributed by atoms with Gasteiger partial charge in [-0.05, 0) is 11.5 Å². The SMILES string of the molecule is CC(C)(C)C(O)CNC(=O)c1cc(OCC(F)F)ccn1. The molecule has 1 heterocycles. The van der Waals surface area contributed by atoms with Gasteiger partial charge in [0.15, 0.2) is 0 Å². The van der Waals surface area contributed by atoms with E-state index in [1.807, 2.05) is 20.8 Å². The fraction of sp³-hybridized carbons (Fsp3) is 0.571. The van der Waals surface area contributed by atoms with E-state index in [-0.39, 0.29) is 23.4 Å². The Labute approximate surface area is 122 Å². The molecule has 118 valence electrons. The summed E-state index contributed by atoms with van der Waals surface area (Å²) in [6, 6.07) is 2.67. The van der Waals surface area contributed by atoms with Crippen LogP contribution < -0.4 is 10.1 Å². The topological polar surface area (TPSA) is 71.5 Å². The average Bonchev–Trinajstić information content (AvgIpc) is 2.41. The van der Waals surface area contributed by atoms with Crippen molar-refractivity contribution in [1.29, 1.82) is 0 Å². The monoisotopic (exact) mass is 302 g/mol. The second-order valence-corrected chi connectivity index (χ2v) is 5.67. The zero-order chi connectivity index (χ0) is 16.0. The first-order chi connectivity index (χ1) is 9.70. The number of hydrogen-bond acceptors (Lipinski definition) is 4. The summed E-state index contributed by atoms with van der Waals surface area (Å²) in [7, 11) is 0. The highest BCUT2D eigenvalue weighted by atomic mass is 19.3. The first-order valence-electron chi connectivity index (χ1n) is 6.53. The lowest BCUT2D eigenvalue weighted by Crippen LogP contribution is -2.39. The van der Waals surface area contributed by atoms with E-state index in [1.165, 1.54) is 18.3 Å². The predicted octanol–water partition coefficient (Wildman–Crippen LogP) is 1.86. The van der Waals surface area contributed by atoms with Crippen molar-refractivity contribution in [2.75, 3.05) is 13.2 Å². The van der Waals surface area contributed by atoms with Crippen LogP contribution in [-0.4, -0.2) is 41.7 Å². The minimum Gasteiger partial charge on any atom is -0.488 e. The van der Waals surface area contributed by atoms with Crippen LogP contribution in [0.3, 0.4) is 0 Å². The first kappa shape index (κ1) is 17.3. The highest BCUT2D eigenvalue weighted by molar-refractivity contribution is 5.92. The molecule has 7 heteroatoms. The maximum atomic E-state index is 12.1. The van der Waals surface area contributed by atoms with E-state index in [9.17, 15) is 18.7 Å². The maximum Gasteiger partial charge on any atom is 0.272 e. The zero-order valence-corrected chi connectivity index (χ0v) is 12.3. The van der Waals surface area contributed by atoms with Crippen molar-refractivity contribution < 1.29 is 23.4 Å². The van der Waals surface area contributed by atoms with Gasteiger partial charge in [-0.2, -0.15) is 0 Å². The second kappa shape index (κ2) is 7.31. The number of aromatic nitrogens is 1. The van der Waals surface area contributed by atoms with Gasteiger partial charge in [-0.15, -0.1) is 0 Å². The summed E-state index contributed by atoms with van der Waals surface area (Å²) < 4.78 is 28.9. The smallest absolute Gasteiger partial charge is 0.272 e. The van der Waals surface area contributed by atoms with Crippen molar-refractivity contribution in [2.45, 2.75) is 33.3 Å². The van der Waals surface area contributed by atoms with Gasteiger partial charge < -0.3 is 15.2 Å². The van der Waals surface area contributed by atoms with Gasteiger partial charge in [0.1, 0.15) is 18.1 Å². The van der Waals surface area contributed by atoms with E-state index in [1.54, 1.807) is 0 Å². The summed E-state index contributed by atoms with van der Waals surface area (Å²) in [5, 5.41) is 12.4. The quantitative estimate of drug-likeness (QED) is 0.841. The molecule has 0 radical (unpaired) electrons. The van der Waals surface area contributed by atoms with E-state index in [2.05, 4.69) is 10.3 Å². The van der Waals surface area contributed by atoms with E-state index in [4.69, 9.17) is 4.74 Å². The molecule has 0 saturated carbocycles. The molecular formula is C14H20F2N2O3. The van der Waals surface area contributed by atoms with Crippen molar-refractivity contribution in [1.82, 2.24) is 10.3 Å². The fourth-order valence-corrected chi connectivity index (χ4v) is 1.37. The molecule has 0 bridgehead atoms. The minimum absolute atomic E-state index is 0.0443. The third-order valence-corrected chi connectivity index (χ3v) is 2.80. The first-order valence-corrected chi connectivity index (χ1v) is 6.53. The van der Waals surface area contributed by atoms with Gasteiger partial charge >= 0.3 is 0 Å². The summed E-state index contributed by atoms with van der Waals surface area (Å²) in [5.74, 6) is -0.354. The molecule has 0 aliphatic heterocycles. The number of nitrogens with zero attached hydrogens (tertiary/aromatic N) is 1. The van der Waals surface area contributed by atoms with E-state index >= 15 is 0 Å². The average molecular weight is 302 g/mol. The molecule has 5 nitrogen and oxygen atoms in total. The van der Waals surface area contributed by atoms with Crippen LogP contribution in [-0.2, 0) is 0 Å². The van der Waals surface area contributed by atoms with Gasteiger partial charge in [0.05, 0.1) is 6.10 Å². The lowest BCUT2D eigenvalue weighted by molar-refractivity contribution is 0.0585. The molecule has 21 heavy (non-hydrogen) atoms. The number of aliphatic hydroxyl groups excluding tert-OH is 1. The molecule has 0 fully saturated rings. The summed E-state index contributed by atoms with van der Waals surface area (Å²) in [6.07, 6.45) is -1.99. The number of carbonyl (C=O) groups is 1. The number of ether oxygens (including phenoxy) is 1. The van der Waals surface area contributed by atoms with Crippen LogP contribution in [0.4, 0.5) is 8.78 Å². The maximum absolute atomic E-state index is 12.1. The fourth-order valence-electron chi connectivity index (χ4n) is 1.37. The number of pyridine rings is 1. The van der Waals surface area contributed by atoms with Crippen LogP contribution in [0.5, 0.6) is 5.75 Å². The number of hydrogen-bond donors (Lipinski definition) is 2. The summed E-state index contributed by atoms with van der Waals surface area (Å²) in [5.41, 5.74) is -0.314. The largest absolute Gasteiger partial charge is 0.488 e. The highest BCUT2D eigenvalue weighted by Crippen LogP contribution is 2.18. The summed E-state index contributed by atoms with van der Waals surface area (Å²) in [4.78, 5) is 15.7. The Kier molecular flexibility index (Phi) is 6.02. The molecule has 0 aliphatic rings. The minimum atomic E-state index is -2.59. The van der Waals surface area contributed by atoms with E-state index in [0.717, 1.165) is 0 Å².